The fourth-order valence-corrected chi connectivity index (χ4v) is 3.22. The lowest BCUT2D eigenvalue weighted by Crippen LogP contribution is -2.41. The van der Waals surface area contributed by atoms with E-state index in [0.29, 0.717) is 18.2 Å². The highest BCUT2D eigenvalue weighted by Gasteiger charge is 2.44. The number of phenolic OH excluding ortho intramolecular Hbond substituents is 1. The van der Waals surface area contributed by atoms with Crippen molar-refractivity contribution in [3.05, 3.63) is 59.1 Å². The van der Waals surface area contributed by atoms with Gasteiger partial charge in [0.05, 0.1) is 0 Å². The normalized spacial score (nSPS) is 15.0. The standard InChI is InChI=1S/C21H25ClN4O2/c1-2-23-20(24-13-19(28)26-17-6-8-18(27)9-7-17)25-14-21(10-11-21)15-4-3-5-16(22)12-15/h3-9,12,27H,2,10-11,13-14H2,1H3,(H,26,28)(H2,23,24,25). The van der Waals surface area contributed by atoms with E-state index >= 15 is 0 Å². The molecule has 2 aromatic carbocycles. The number of nitrogens with one attached hydrogen (secondary N) is 3. The topological polar surface area (TPSA) is 85.8 Å². The van der Waals surface area contributed by atoms with Crippen LogP contribution in [0.3, 0.4) is 0 Å². The average molecular weight is 401 g/mol. The molecule has 2 aromatic rings. The molecule has 3 rings (SSSR count). The molecule has 0 atom stereocenters. The molecule has 148 valence electrons. The van der Waals surface area contributed by atoms with Gasteiger partial charge in [-0.2, -0.15) is 0 Å². The Bertz CT molecular complexity index is 848. The van der Waals surface area contributed by atoms with Crippen molar-refractivity contribution < 1.29 is 9.90 Å². The lowest BCUT2D eigenvalue weighted by molar-refractivity contribution is -0.114. The van der Waals surface area contributed by atoms with Crippen LogP contribution >= 0.6 is 11.6 Å². The van der Waals surface area contributed by atoms with Crippen LogP contribution in [-0.2, 0) is 10.2 Å². The number of nitrogens with zero attached hydrogens (tertiary/aromatic N) is 1. The number of carbonyl (C=O) groups excluding carboxylic acids is 1. The minimum atomic E-state index is -0.223. The molecule has 1 aliphatic carbocycles. The molecule has 0 unspecified atom stereocenters. The van der Waals surface area contributed by atoms with Crippen molar-refractivity contribution in [3.8, 4) is 5.75 Å². The second-order valence-corrected chi connectivity index (χ2v) is 7.37. The first-order chi connectivity index (χ1) is 13.5. The van der Waals surface area contributed by atoms with E-state index in [2.05, 4.69) is 27.0 Å². The van der Waals surface area contributed by atoms with Crippen LogP contribution in [0, 0.1) is 0 Å². The van der Waals surface area contributed by atoms with Crippen LogP contribution in [0.15, 0.2) is 53.5 Å². The van der Waals surface area contributed by atoms with Gasteiger partial charge in [0.2, 0.25) is 5.91 Å². The van der Waals surface area contributed by atoms with Gasteiger partial charge in [-0.3, -0.25) is 4.79 Å². The number of anilines is 1. The maximum absolute atomic E-state index is 12.1. The van der Waals surface area contributed by atoms with Crippen LogP contribution in [0.1, 0.15) is 25.3 Å². The maximum Gasteiger partial charge on any atom is 0.246 e. The number of hydrogen-bond acceptors (Lipinski definition) is 3. The number of hydrogen-bond donors (Lipinski definition) is 4. The van der Waals surface area contributed by atoms with E-state index in [1.807, 2.05) is 25.1 Å². The summed E-state index contributed by atoms with van der Waals surface area (Å²) >= 11 is 6.14. The SMILES string of the molecule is CCNC(=NCC(=O)Nc1ccc(O)cc1)NCC1(c2cccc(Cl)c2)CC1. The smallest absolute Gasteiger partial charge is 0.246 e. The van der Waals surface area contributed by atoms with Crippen molar-refractivity contribution >= 4 is 29.2 Å². The summed E-state index contributed by atoms with van der Waals surface area (Å²) in [7, 11) is 0. The molecule has 1 fully saturated rings. The third-order valence-electron chi connectivity index (χ3n) is 4.76. The van der Waals surface area contributed by atoms with Crippen molar-refractivity contribution in [1.82, 2.24) is 10.6 Å². The number of guanidine groups is 1. The zero-order valence-electron chi connectivity index (χ0n) is 15.8. The van der Waals surface area contributed by atoms with Crippen LogP contribution in [0.2, 0.25) is 5.02 Å². The minimum Gasteiger partial charge on any atom is -0.508 e. The third kappa shape index (κ3) is 5.39. The van der Waals surface area contributed by atoms with Gasteiger partial charge < -0.3 is 21.1 Å². The molecule has 0 heterocycles. The lowest BCUT2D eigenvalue weighted by Gasteiger charge is -2.19. The molecule has 0 bridgehead atoms. The van der Waals surface area contributed by atoms with Crippen LogP contribution in [0.5, 0.6) is 5.75 Å². The quantitative estimate of drug-likeness (QED) is 0.326. The van der Waals surface area contributed by atoms with E-state index in [1.165, 1.54) is 17.7 Å². The second-order valence-electron chi connectivity index (χ2n) is 6.93. The van der Waals surface area contributed by atoms with Crippen molar-refractivity contribution in [1.29, 1.82) is 0 Å². The summed E-state index contributed by atoms with van der Waals surface area (Å²) in [6.45, 7) is 3.42. The Morgan fingerprint density at radius 2 is 1.93 bits per heavy atom. The van der Waals surface area contributed by atoms with Gasteiger partial charge in [0.1, 0.15) is 12.3 Å². The Morgan fingerprint density at radius 3 is 2.57 bits per heavy atom. The fraction of sp³-hybridized carbons (Fsp3) is 0.333. The first-order valence-corrected chi connectivity index (χ1v) is 9.76. The lowest BCUT2D eigenvalue weighted by atomic mass is 9.96. The summed E-state index contributed by atoms with van der Waals surface area (Å²) in [6, 6.07) is 14.3. The number of phenols is 1. The van der Waals surface area contributed by atoms with Crippen molar-refractivity contribution in [2.45, 2.75) is 25.2 Å². The third-order valence-corrected chi connectivity index (χ3v) is 5.00. The van der Waals surface area contributed by atoms with Crippen molar-refractivity contribution in [2.75, 3.05) is 25.0 Å². The van der Waals surface area contributed by atoms with Gasteiger partial charge in [0.25, 0.3) is 0 Å². The van der Waals surface area contributed by atoms with Gasteiger partial charge in [-0.05, 0) is 61.7 Å². The van der Waals surface area contributed by atoms with E-state index in [9.17, 15) is 9.90 Å². The van der Waals surface area contributed by atoms with Gasteiger partial charge in [-0.15, -0.1) is 0 Å². The monoisotopic (exact) mass is 400 g/mol. The molecule has 0 saturated heterocycles. The van der Waals surface area contributed by atoms with Crippen LogP contribution < -0.4 is 16.0 Å². The van der Waals surface area contributed by atoms with Gasteiger partial charge in [-0.1, -0.05) is 23.7 Å². The molecule has 0 aromatic heterocycles. The number of amides is 1. The Hall–Kier alpha value is -2.73. The second kappa shape index (κ2) is 8.97. The van der Waals surface area contributed by atoms with E-state index in [-0.39, 0.29) is 23.6 Å². The predicted molar refractivity (Wildman–Crippen MR) is 113 cm³/mol. The van der Waals surface area contributed by atoms with Crippen LogP contribution in [0.4, 0.5) is 5.69 Å². The maximum atomic E-state index is 12.1. The summed E-state index contributed by atoms with van der Waals surface area (Å²) in [5.74, 6) is 0.541. The summed E-state index contributed by atoms with van der Waals surface area (Å²) in [5, 5.41) is 19.3. The highest BCUT2D eigenvalue weighted by molar-refractivity contribution is 6.30. The number of carbonyl (C=O) groups is 1. The first-order valence-electron chi connectivity index (χ1n) is 9.38. The molecule has 1 aliphatic rings. The number of aliphatic imine (C=N–C) groups is 1. The number of rotatable bonds is 7. The largest absolute Gasteiger partial charge is 0.508 e. The summed E-state index contributed by atoms with van der Waals surface area (Å²) in [4.78, 5) is 16.5. The Morgan fingerprint density at radius 1 is 1.18 bits per heavy atom. The number of halogens is 1. The van der Waals surface area contributed by atoms with Gasteiger partial charge >= 0.3 is 0 Å². The Labute approximate surface area is 170 Å². The molecule has 1 amide bonds. The van der Waals surface area contributed by atoms with E-state index in [0.717, 1.165) is 24.4 Å². The van der Waals surface area contributed by atoms with Gasteiger partial charge in [0, 0.05) is 29.2 Å². The molecule has 0 spiro atoms. The average Bonchev–Trinajstić information content (AvgIpc) is 3.47. The molecule has 1 saturated carbocycles. The molecule has 0 radical (unpaired) electrons. The molecule has 6 nitrogen and oxygen atoms in total. The fourth-order valence-electron chi connectivity index (χ4n) is 3.03. The van der Waals surface area contributed by atoms with Gasteiger partial charge in [0.15, 0.2) is 5.96 Å². The summed E-state index contributed by atoms with van der Waals surface area (Å²) < 4.78 is 0. The molecular formula is C21H25ClN4O2. The van der Waals surface area contributed by atoms with Gasteiger partial charge in [-0.25, -0.2) is 4.99 Å². The molecule has 7 heteroatoms. The molecule has 28 heavy (non-hydrogen) atoms. The molecular weight excluding hydrogens is 376 g/mol. The van der Waals surface area contributed by atoms with Crippen LogP contribution in [-0.4, -0.2) is 36.6 Å². The highest BCUT2D eigenvalue weighted by atomic mass is 35.5. The molecule has 0 aliphatic heterocycles. The Balaban J connectivity index is 1.57. The van der Waals surface area contributed by atoms with Crippen LogP contribution in [0.25, 0.3) is 0 Å². The summed E-state index contributed by atoms with van der Waals surface area (Å²) in [6.07, 6.45) is 2.20. The number of benzene rings is 2. The number of aromatic hydroxyl groups is 1. The highest BCUT2D eigenvalue weighted by Crippen LogP contribution is 2.48. The van der Waals surface area contributed by atoms with E-state index in [1.54, 1.807) is 12.1 Å². The zero-order chi connectivity index (χ0) is 20.0. The van der Waals surface area contributed by atoms with Crippen molar-refractivity contribution in [2.24, 2.45) is 4.99 Å². The Kier molecular flexibility index (Phi) is 6.41. The summed E-state index contributed by atoms with van der Waals surface area (Å²) in [5.41, 5.74) is 1.93. The first kappa shape index (κ1) is 20.0. The van der Waals surface area contributed by atoms with E-state index in [4.69, 9.17) is 11.6 Å². The zero-order valence-corrected chi connectivity index (χ0v) is 16.6. The van der Waals surface area contributed by atoms with E-state index < -0.39 is 0 Å². The molecule has 4 N–H and O–H groups in total. The van der Waals surface area contributed by atoms with Crippen molar-refractivity contribution in [3.63, 3.8) is 0 Å². The minimum absolute atomic E-state index is 0.000372. The predicted octanol–water partition coefficient (Wildman–Crippen LogP) is 3.27.